The minimum absolute atomic E-state index is 0.00871. The average Bonchev–Trinajstić information content (AvgIpc) is 1.11. The van der Waals surface area contributed by atoms with Crippen molar-refractivity contribution in [2.24, 2.45) is 20.5 Å². The first-order valence-corrected chi connectivity index (χ1v) is 27.3. The first kappa shape index (κ1) is 59.0. The molecule has 0 saturated carbocycles. The molecule has 5 aliphatic rings. The number of rotatable bonds is 24. The van der Waals surface area contributed by atoms with Gasteiger partial charge in [0.05, 0.1) is 52.6 Å². The van der Waals surface area contributed by atoms with E-state index in [0.717, 1.165) is 0 Å². The lowest BCUT2D eigenvalue weighted by Crippen LogP contribution is -2.25. The van der Waals surface area contributed by atoms with E-state index >= 15 is 0 Å². The highest BCUT2D eigenvalue weighted by Gasteiger charge is 2.41. The minimum Gasteiger partial charge on any atom is -0.466 e. The maximum absolute atomic E-state index is 12.3. The lowest BCUT2D eigenvalue weighted by Gasteiger charge is -2.37. The molecule has 0 N–H and O–H groups in total. The van der Waals surface area contributed by atoms with Crippen LogP contribution in [-0.2, 0) is 64.3 Å². The van der Waals surface area contributed by atoms with Gasteiger partial charge in [0.25, 0.3) is 0 Å². The molecule has 1 aliphatic carbocycles. The van der Waals surface area contributed by atoms with Gasteiger partial charge in [-0.25, -0.2) is 0 Å². The van der Waals surface area contributed by atoms with Crippen molar-refractivity contribution < 1.29 is 76.0 Å². The largest absolute Gasteiger partial charge is 0.466 e. The predicted molar refractivity (Wildman–Crippen MR) is 293 cm³/mol. The number of benzene rings is 4. The number of ether oxygens (including phenoxy) is 12. The van der Waals surface area contributed by atoms with Gasteiger partial charge in [-0.05, 0) is 97.8 Å². The van der Waals surface area contributed by atoms with Crippen LogP contribution in [-0.4, -0.2) is 77.5 Å². The van der Waals surface area contributed by atoms with Crippen molar-refractivity contribution >= 4 is 23.9 Å². The third kappa shape index (κ3) is 12.7. The Bertz CT molecular complexity index is 2880. The van der Waals surface area contributed by atoms with Crippen LogP contribution >= 0.6 is 0 Å². The molecule has 4 heterocycles. The fraction of sp³-hybridized carbons (Fsp3) is 0.500. The summed E-state index contributed by atoms with van der Waals surface area (Å²) in [4.78, 5) is 62.0. The molecular formula is C56H60N12O16. The summed E-state index contributed by atoms with van der Waals surface area (Å²) in [5, 5.41) is 16.3. The highest BCUT2D eigenvalue weighted by molar-refractivity contribution is 5.71. The van der Waals surface area contributed by atoms with E-state index in [-0.39, 0.29) is 150 Å². The van der Waals surface area contributed by atoms with Crippen molar-refractivity contribution in [3.8, 4) is 46.0 Å². The van der Waals surface area contributed by atoms with Gasteiger partial charge in [-0.3, -0.25) is 19.2 Å². The van der Waals surface area contributed by atoms with E-state index in [1.807, 2.05) is 24.3 Å². The van der Waals surface area contributed by atoms with E-state index < -0.39 is 74.7 Å². The molecule has 0 saturated heterocycles. The van der Waals surface area contributed by atoms with Crippen LogP contribution in [0.4, 0.5) is 0 Å². The Morgan fingerprint density at radius 3 is 0.702 bits per heavy atom. The highest BCUT2D eigenvalue weighted by atomic mass is 16.7. The van der Waals surface area contributed by atoms with Crippen LogP contribution < -0.4 is 37.9 Å². The summed E-state index contributed by atoms with van der Waals surface area (Å²) < 4.78 is 75.7. The summed E-state index contributed by atoms with van der Waals surface area (Å²) in [6, 6.07) is 7.85. The van der Waals surface area contributed by atoms with E-state index in [9.17, 15) is 41.3 Å². The second-order valence-electron chi connectivity index (χ2n) is 20.1. The van der Waals surface area contributed by atoms with Crippen molar-refractivity contribution in [2.45, 2.75) is 129 Å². The Hall–Kier alpha value is -9.60. The van der Waals surface area contributed by atoms with E-state index in [0.29, 0.717) is 66.8 Å². The molecule has 4 aromatic rings. The second-order valence-corrected chi connectivity index (χ2v) is 20.1. The smallest absolute Gasteiger partial charge is 0.302 e. The second kappa shape index (κ2) is 27.4. The number of hydrogen-bond acceptors (Lipinski definition) is 20. The van der Waals surface area contributed by atoms with Gasteiger partial charge in [0.2, 0.25) is 27.2 Å². The third-order valence-corrected chi connectivity index (χ3v) is 15.1. The molecule has 0 unspecified atom stereocenters. The number of nitrogens with zero attached hydrogens (tertiary/aromatic N) is 12. The van der Waals surface area contributed by atoms with Crippen LogP contribution in [0.2, 0.25) is 0 Å². The Balaban J connectivity index is 1.51. The first-order chi connectivity index (χ1) is 40.9. The summed E-state index contributed by atoms with van der Waals surface area (Å²) in [5.41, 5.74) is 45.9. The maximum Gasteiger partial charge on any atom is 0.302 e. The molecule has 0 atom stereocenters. The van der Waals surface area contributed by atoms with Gasteiger partial charge >= 0.3 is 23.9 Å². The zero-order chi connectivity index (χ0) is 59.3. The molecule has 8 bridgehead atoms. The summed E-state index contributed by atoms with van der Waals surface area (Å²) in [5.74, 6) is -2.93. The molecule has 440 valence electrons. The molecule has 0 aromatic heterocycles. The van der Waals surface area contributed by atoms with Crippen molar-refractivity contribution in [1.82, 2.24) is 0 Å². The van der Waals surface area contributed by atoms with Crippen LogP contribution in [0.3, 0.4) is 0 Å². The van der Waals surface area contributed by atoms with Crippen molar-refractivity contribution in [1.29, 1.82) is 0 Å². The number of carbonyl (C=O) groups excluding carboxylic acids is 4. The Morgan fingerprint density at radius 2 is 0.548 bits per heavy atom. The Morgan fingerprint density at radius 1 is 0.369 bits per heavy atom. The molecule has 0 spiro atoms. The Kier molecular flexibility index (Phi) is 19.3. The number of azide groups is 4. The quantitative estimate of drug-likeness (QED) is 0.0157. The fourth-order valence-electron chi connectivity index (χ4n) is 11.9. The summed E-state index contributed by atoms with van der Waals surface area (Å²) in [7, 11) is 0. The van der Waals surface area contributed by atoms with Gasteiger partial charge in [-0.15, -0.1) is 0 Å². The fourth-order valence-corrected chi connectivity index (χ4v) is 11.9. The molecular weight excluding hydrogens is 1100 g/mol. The molecule has 0 fully saturated rings. The SMILES string of the molecule is CC(=O)OCCCC1c2cc3c4c(CN=[N+]=[N-])c2OCOc2c1cc1c(c2CN=[N+]=[N-])OCOc2c(cc5c(c2CN=[N+]=[N-])OCOc2c(cc(c(c2CN=[N+]=[N-])OCO4)C3CCCOC(C)=O)C5CCCOC(C)=O)C1CCCOC(C)=O. The van der Waals surface area contributed by atoms with Crippen molar-refractivity contribution in [3.63, 3.8) is 0 Å². The van der Waals surface area contributed by atoms with E-state index in [2.05, 4.69) is 40.1 Å². The van der Waals surface area contributed by atoms with Gasteiger partial charge in [-0.1, -0.05) is 20.5 Å². The topological polar surface area (TPSA) is 374 Å². The van der Waals surface area contributed by atoms with E-state index in [1.54, 1.807) is 0 Å². The van der Waals surface area contributed by atoms with E-state index in [4.69, 9.17) is 56.8 Å². The molecule has 28 nitrogen and oxygen atoms in total. The number of esters is 4. The molecule has 84 heavy (non-hydrogen) atoms. The molecule has 4 aromatic carbocycles. The molecule has 28 heteroatoms. The maximum atomic E-state index is 12.3. The highest BCUT2D eigenvalue weighted by Crippen LogP contribution is 2.58. The summed E-state index contributed by atoms with van der Waals surface area (Å²) in [6.45, 7) is 2.34. The molecule has 4 aliphatic heterocycles. The zero-order valence-corrected chi connectivity index (χ0v) is 46.7. The monoisotopic (exact) mass is 1160 g/mol. The standard InChI is InChI=1S/C56H60N12O16/c1-29(69)73-13-5-9-33-37-17-39-34(10-6-14-74-30(2)70)41-19-43-36(12-8-16-76-32(4)72)44-20-42-35(11-7-15-75-31(3)71)40-18-38(33)50-46(22-62-66-58)52(40)80-27-82-54(42)48(24-64-68-60)56(44)84-28-83-55(43)47(23-63-67-59)53(41)81-26-79-51(39)45(21-61-65-57)49(37)77-25-78-50/h17-20,33-36H,5-16,21-28H2,1-4H3. The number of carbonyl (C=O) groups is 4. The molecule has 0 amide bonds. The normalized spacial score (nSPS) is 16.9. The number of hydrogen-bond donors (Lipinski definition) is 0. The van der Waals surface area contributed by atoms with Crippen molar-refractivity contribution in [3.05, 3.63) is 133 Å². The Labute approximate surface area is 480 Å². The molecule has 9 rings (SSSR count). The van der Waals surface area contributed by atoms with E-state index in [1.165, 1.54) is 27.7 Å². The van der Waals surface area contributed by atoms with Crippen molar-refractivity contribution in [2.75, 3.05) is 53.6 Å². The molecule has 0 radical (unpaired) electrons. The van der Waals surface area contributed by atoms with Gasteiger partial charge in [0.15, 0.2) is 0 Å². The van der Waals surface area contributed by atoms with Crippen LogP contribution in [0.25, 0.3) is 41.8 Å². The first-order valence-electron chi connectivity index (χ1n) is 27.3. The third-order valence-electron chi connectivity index (χ3n) is 15.1. The predicted octanol–water partition coefficient (Wildman–Crippen LogP) is 12.1. The summed E-state index contributed by atoms with van der Waals surface area (Å²) >= 11 is 0. The van der Waals surface area contributed by atoms with Crippen LogP contribution in [0.15, 0.2) is 44.7 Å². The van der Waals surface area contributed by atoms with Gasteiger partial charge in [0, 0.05) is 138 Å². The summed E-state index contributed by atoms with van der Waals surface area (Å²) in [6.07, 6.45) is 2.17. The van der Waals surface area contributed by atoms with Gasteiger partial charge in [-0.2, -0.15) is 0 Å². The minimum atomic E-state index is -0.749. The van der Waals surface area contributed by atoms with Gasteiger partial charge < -0.3 is 56.8 Å². The van der Waals surface area contributed by atoms with Crippen LogP contribution in [0.1, 0.15) is 169 Å². The average molecular weight is 1160 g/mol. The van der Waals surface area contributed by atoms with Gasteiger partial charge in [0.1, 0.15) is 46.0 Å². The lowest BCUT2D eigenvalue weighted by atomic mass is 9.74. The lowest BCUT2D eigenvalue weighted by molar-refractivity contribution is -0.142. The zero-order valence-electron chi connectivity index (χ0n) is 46.7. The van der Waals surface area contributed by atoms with Crippen LogP contribution in [0, 0.1) is 0 Å². The van der Waals surface area contributed by atoms with Crippen LogP contribution in [0.5, 0.6) is 46.0 Å².